The highest BCUT2D eigenvalue weighted by atomic mass is 16.5. The Hall–Kier alpha value is -0.810. The maximum absolute atomic E-state index is 5.32. The van der Waals surface area contributed by atoms with E-state index in [2.05, 4.69) is 41.3 Å². The largest absolute Gasteiger partial charge is 0.382 e. The third-order valence-corrected chi connectivity index (χ3v) is 3.35. The monoisotopic (exact) mass is 300 g/mol. The average Bonchev–Trinajstić information content (AvgIpc) is 2.50. The summed E-state index contributed by atoms with van der Waals surface area (Å²) in [7, 11) is 0. The summed E-state index contributed by atoms with van der Waals surface area (Å²) in [6.07, 6.45) is 3.39. The lowest BCUT2D eigenvalue weighted by Gasteiger charge is -2.18. The van der Waals surface area contributed by atoms with Gasteiger partial charge in [-0.05, 0) is 52.7 Å². The Balaban J connectivity index is 3.75. The van der Waals surface area contributed by atoms with Crippen molar-refractivity contribution in [3.63, 3.8) is 0 Å². The molecule has 0 saturated carbocycles. The zero-order valence-electron chi connectivity index (χ0n) is 14.6. The van der Waals surface area contributed by atoms with Crippen LogP contribution in [0.15, 0.2) is 4.99 Å². The van der Waals surface area contributed by atoms with Crippen molar-refractivity contribution in [1.29, 1.82) is 0 Å². The van der Waals surface area contributed by atoms with E-state index < -0.39 is 0 Å². The normalized spacial score (nSPS) is 12.0. The molecule has 21 heavy (non-hydrogen) atoms. The third kappa shape index (κ3) is 12.6. The molecule has 0 aromatic heterocycles. The smallest absolute Gasteiger partial charge is 0.191 e. The number of nitrogens with zero attached hydrogens (tertiary/aromatic N) is 2. The van der Waals surface area contributed by atoms with Gasteiger partial charge in [-0.15, -0.1) is 0 Å². The van der Waals surface area contributed by atoms with E-state index in [9.17, 15) is 0 Å². The van der Waals surface area contributed by atoms with Crippen LogP contribution in [-0.2, 0) is 4.74 Å². The van der Waals surface area contributed by atoms with Crippen molar-refractivity contribution in [3.8, 4) is 0 Å². The first-order chi connectivity index (χ1) is 10.3. The first-order valence-corrected chi connectivity index (χ1v) is 8.60. The molecule has 0 saturated heterocycles. The predicted molar refractivity (Wildman–Crippen MR) is 92.1 cm³/mol. The highest BCUT2D eigenvalue weighted by molar-refractivity contribution is 5.79. The Labute approximate surface area is 131 Å². The van der Waals surface area contributed by atoms with Crippen molar-refractivity contribution in [2.24, 2.45) is 4.99 Å². The SMILES string of the molecule is CCNC(=NCCCOCC)NCCCCN(CC)CC. The summed E-state index contributed by atoms with van der Waals surface area (Å²) >= 11 is 0. The van der Waals surface area contributed by atoms with E-state index in [1.807, 2.05) is 6.92 Å². The van der Waals surface area contributed by atoms with Gasteiger partial charge in [0.2, 0.25) is 0 Å². The molecule has 0 aliphatic carbocycles. The average molecular weight is 300 g/mol. The zero-order chi connectivity index (χ0) is 15.8. The van der Waals surface area contributed by atoms with Gasteiger partial charge in [-0.2, -0.15) is 0 Å². The zero-order valence-corrected chi connectivity index (χ0v) is 14.6. The van der Waals surface area contributed by atoms with Gasteiger partial charge in [0.1, 0.15) is 0 Å². The molecule has 5 nitrogen and oxygen atoms in total. The molecule has 0 spiro atoms. The molecular weight excluding hydrogens is 264 g/mol. The van der Waals surface area contributed by atoms with Crippen molar-refractivity contribution in [3.05, 3.63) is 0 Å². The van der Waals surface area contributed by atoms with E-state index in [1.165, 1.54) is 19.4 Å². The van der Waals surface area contributed by atoms with Crippen molar-refractivity contribution < 1.29 is 4.74 Å². The van der Waals surface area contributed by atoms with Gasteiger partial charge in [-0.25, -0.2) is 0 Å². The Kier molecular flexibility index (Phi) is 15.0. The lowest BCUT2D eigenvalue weighted by molar-refractivity contribution is 0.146. The van der Waals surface area contributed by atoms with Crippen LogP contribution in [0.4, 0.5) is 0 Å². The number of guanidine groups is 1. The molecule has 0 amide bonds. The molecule has 0 fully saturated rings. The lowest BCUT2D eigenvalue weighted by Crippen LogP contribution is -2.38. The van der Waals surface area contributed by atoms with Gasteiger partial charge in [0.05, 0.1) is 0 Å². The van der Waals surface area contributed by atoms with Gasteiger partial charge in [-0.1, -0.05) is 13.8 Å². The summed E-state index contributed by atoms with van der Waals surface area (Å²) in [6.45, 7) is 16.3. The standard InChI is InChI=1S/C16H36N4O/c1-5-17-16(19-13-11-15-21-8-4)18-12-9-10-14-20(6-2)7-3/h5-15H2,1-4H3,(H2,17,18,19). The van der Waals surface area contributed by atoms with Gasteiger partial charge in [0, 0.05) is 32.8 Å². The fourth-order valence-corrected chi connectivity index (χ4v) is 2.05. The third-order valence-electron chi connectivity index (χ3n) is 3.35. The van der Waals surface area contributed by atoms with Gasteiger partial charge in [0.15, 0.2) is 5.96 Å². The summed E-state index contributed by atoms with van der Waals surface area (Å²) in [6, 6.07) is 0. The Morgan fingerprint density at radius 3 is 2.38 bits per heavy atom. The highest BCUT2D eigenvalue weighted by Gasteiger charge is 1.99. The number of nitrogens with one attached hydrogen (secondary N) is 2. The lowest BCUT2D eigenvalue weighted by atomic mass is 10.3. The van der Waals surface area contributed by atoms with Gasteiger partial charge >= 0.3 is 0 Å². The molecule has 2 N–H and O–H groups in total. The van der Waals surface area contributed by atoms with Gasteiger partial charge in [0.25, 0.3) is 0 Å². The molecule has 0 aliphatic rings. The number of rotatable bonds is 13. The van der Waals surface area contributed by atoms with Crippen LogP contribution in [-0.4, -0.2) is 63.3 Å². The molecular formula is C16H36N4O. The summed E-state index contributed by atoms with van der Waals surface area (Å²) < 4.78 is 5.32. The molecule has 0 rings (SSSR count). The second kappa shape index (κ2) is 15.6. The summed E-state index contributed by atoms with van der Waals surface area (Å²) in [5, 5.41) is 6.68. The van der Waals surface area contributed by atoms with E-state index in [0.29, 0.717) is 0 Å². The van der Waals surface area contributed by atoms with Crippen LogP contribution in [0.2, 0.25) is 0 Å². The molecule has 0 radical (unpaired) electrons. The fraction of sp³-hybridized carbons (Fsp3) is 0.938. The number of hydrogen-bond acceptors (Lipinski definition) is 3. The molecule has 5 heteroatoms. The van der Waals surface area contributed by atoms with E-state index >= 15 is 0 Å². The first kappa shape index (κ1) is 20.2. The van der Waals surface area contributed by atoms with Crippen LogP contribution < -0.4 is 10.6 Å². The fourth-order valence-electron chi connectivity index (χ4n) is 2.05. The minimum absolute atomic E-state index is 0.786. The molecule has 0 atom stereocenters. The van der Waals surface area contributed by atoms with Crippen LogP contribution in [0.3, 0.4) is 0 Å². The van der Waals surface area contributed by atoms with Crippen molar-refractivity contribution in [2.75, 3.05) is 52.5 Å². The van der Waals surface area contributed by atoms with Crippen molar-refractivity contribution in [2.45, 2.75) is 47.0 Å². The van der Waals surface area contributed by atoms with Crippen LogP contribution >= 0.6 is 0 Å². The molecule has 0 aliphatic heterocycles. The summed E-state index contributed by atoms with van der Waals surface area (Å²) in [4.78, 5) is 7.02. The van der Waals surface area contributed by atoms with E-state index in [-0.39, 0.29) is 0 Å². The second-order valence-corrected chi connectivity index (χ2v) is 4.97. The number of hydrogen-bond donors (Lipinski definition) is 2. The van der Waals surface area contributed by atoms with E-state index in [1.54, 1.807) is 0 Å². The topological polar surface area (TPSA) is 48.9 Å². The predicted octanol–water partition coefficient (Wildman–Crippen LogP) is 2.09. The maximum atomic E-state index is 5.32. The van der Waals surface area contributed by atoms with Crippen molar-refractivity contribution >= 4 is 5.96 Å². The number of ether oxygens (including phenoxy) is 1. The second-order valence-electron chi connectivity index (χ2n) is 4.97. The minimum atomic E-state index is 0.786. The number of unbranched alkanes of at least 4 members (excludes halogenated alkanes) is 1. The van der Waals surface area contributed by atoms with Crippen LogP contribution in [0.25, 0.3) is 0 Å². The van der Waals surface area contributed by atoms with Gasteiger partial charge < -0.3 is 20.3 Å². The Morgan fingerprint density at radius 2 is 1.76 bits per heavy atom. The van der Waals surface area contributed by atoms with Crippen LogP contribution in [0.1, 0.15) is 47.0 Å². The van der Waals surface area contributed by atoms with Gasteiger partial charge in [-0.3, -0.25) is 4.99 Å². The minimum Gasteiger partial charge on any atom is -0.382 e. The molecule has 0 bridgehead atoms. The molecule has 0 aromatic carbocycles. The summed E-state index contributed by atoms with van der Waals surface area (Å²) in [5.41, 5.74) is 0. The van der Waals surface area contributed by atoms with Crippen LogP contribution in [0, 0.1) is 0 Å². The molecule has 126 valence electrons. The van der Waals surface area contributed by atoms with E-state index in [0.717, 1.165) is 58.3 Å². The summed E-state index contributed by atoms with van der Waals surface area (Å²) in [5.74, 6) is 0.928. The molecule has 0 aromatic rings. The van der Waals surface area contributed by atoms with Crippen molar-refractivity contribution in [1.82, 2.24) is 15.5 Å². The highest BCUT2D eigenvalue weighted by Crippen LogP contribution is 1.94. The first-order valence-electron chi connectivity index (χ1n) is 8.60. The Morgan fingerprint density at radius 1 is 1.00 bits per heavy atom. The maximum Gasteiger partial charge on any atom is 0.191 e. The number of aliphatic imine (C=N–C) groups is 1. The quantitative estimate of drug-likeness (QED) is 0.311. The van der Waals surface area contributed by atoms with Crippen LogP contribution in [0.5, 0.6) is 0 Å². The molecule has 0 heterocycles. The van der Waals surface area contributed by atoms with E-state index in [4.69, 9.17) is 4.74 Å². The molecule has 0 unspecified atom stereocenters. The Bertz CT molecular complexity index is 242.